The van der Waals surface area contributed by atoms with Gasteiger partial charge < -0.3 is 5.73 Å². The van der Waals surface area contributed by atoms with Crippen molar-refractivity contribution in [1.82, 2.24) is 4.98 Å². The number of hydrogen-bond donors (Lipinski definition) is 1. The van der Waals surface area contributed by atoms with Crippen LogP contribution in [0.1, 0.15) is 5.56 Å². The van der Waals surface area contributed by atoms with E-state index in [1.807, 2.05) is 6.26 Å². The van der Waals surface area contributed by atoms with Crippen LogP contribution in [0, 0.1) is 0 Å². The van der Waals surface area contributed by atoms with Gasteiger partial charge in [0.2, 0.25) is 0 Å². The monoisotopic (exact) mass is 218 g/mol. The lowest BCUT2D eigenvalue weighted by atomic mass is 10.1. The van der Waals surface area contributed by atoms with Gasteiger partial charge in [0, 0.05) is 5.39 Å². The fourth-order valence-electron chi connectivity index (χ4n) is 1.59. The lowest BCUT2D eigenvalue weighted by Crippen LogP contribution is -2.02. The van der Waals surface area contributed by atoms with Gasteiger partial charge in [-0.05, 0) is 43.0 Å². The molecule has 0 bridgehead atoms. The third kappa shape index (κ3) is 2.30. The number of pyridine rings is 1. The average molecular weight is 218 g/mol. The van der Waals surface area contributed by atoms with Crippen LogP contribution in [0.4, 0.5) is 0 Å². The van der Waals surface area contributed by atoms with Crippen LogP contribution in [-0.2, 0) is 6.42 Å². The third-order valence-electron chi connectivity index (χ3n) is 2.37. The number of fused-ring (bicyclic) bond motifs is 1. The summed E-state index contributed by atoms with van der Waals surface area (Å²) in [4.78, 5) is 4.53. The fraction of sp³-hybridized carbons (Fsp3) is 0.250. The summed E-state index contributed by atoms with van der Waals surface area (Å²) in [7, 11) is 0. The normalized spacial score (nSPS) is 10.8. The highest BCUT2D eigenvalue weighted by Gasteiger charge is 1.98. The van der Waals surface area contributed by atoms with Crippen LogP contribution in [0.3, 0.4) is 0 Å². The Hall–Kier alpha value is -1.06. The van der Waals surface area contributed by atoms with E-state index in [-0.39, 0.29) is 0 Å². The molecule has 78 valence electrons. The minimum Gasteiger partial charge on any atom is -0.330 e. The maximum Gasteiger partial charge on any atom is 0.0964 e. The van der Waals surface area contributed by atoms with Crippen molar-refractivity contribution in [2.45, 2.75) is 11.4 Å². The van der Waals surface area contributed by atoms with Crippen LogP contribution >= 0.6 is 11.8 Å². The number of nitrogens with two attached hydrogens (primary N) is 1. The summed E-state index contributed by atoms with van der Waals surface area (Å²) >= 11 is 1.67. The number of nitrogens with zero attached hydrogens (tertiary/aromatic N) is 1. The SMILES string of the molecule is CSc1ccc2cc(CCN)ccc2n1. The first-order chi connectivity index (χ1) is 7.33. The van der Waals surface area contributed by atoms with Crippen molar-refractivity contribution in [1.29, 1.82) is 0 Å². The smallest absolute Gasteiger partial charge is 0.0964 e. The van der Waals surface area contributed by atoms with Gasteiger partial charge in [-0.2, -0.15) is 0 Å². The molecule has 0 aliphatic rings. The van der Waals surface area contributed by atoms with Gasteiger partial charge in [0.05, 0.1) is 10.5 Å². The first kappa shape index (κ1) is 10.5. The van der Waals surface area contributed by atoms with E-state index in [4.69, 9.17) is 5.73 Å². The number of rotatable bonds is 3. The molecule has 2 aromatic rings. The molecule has 0 spiro atoms. The molecule has 0 aliphatic heterocycles. The molecule has 0 aliphatic carbocycles. The zero-order valence-electron chi connectivity index (χ0n) is 8.73. The highest BCUT2D eigenvalue weighted by Crippen LogP contribution is 2.19. The van der Waals surface area contributed by atoms with Gasteiger partial charge in [0.15, 0.2) is 0 Å². The average Bonchev–Trinajstić information content (AvgIpc) is 2.29. The largest absolute Gasteiger partial charge is 0.330 e. The molecule has 1 heterocycles. The Balaban J connectivity index is 2.45. The van der Waals surface area contributed by atoms with Crippen molar-refractivity contribution >= 4 is 22.7 Å². The van der Waals surface area contributed by atoms with E-state index in [1.165, 1.54) is 10.9 Å². The van der Waals surface area contributed by atoms with E-state index in [0.717, 1.165) is 17.0 Å². The first-order valence-electron chi connectivity index (χ1n) is 4.97. The zero-order chi connectivity index (χ0) is 10.7. The van der Waals surface area contributed by atoms with Gasteiger partial charge in [-0.15, -0.1) is 11.8 Å². The molecular formula is C12H14N2S. The Morgan fingerprint density at radius 3 is 2.87 bits per heavy atom. The van der Waals surface area contributed by atoms with Crippen LogP contribution < -0.4 is 5.73 Å². The Labute approximate surface area is 93.9 Å². The molecule has 1 aromatic carbocycles. The molecule has 1 aromatic heterocycles. The van der Waals surface area contributed by atoms with Crippen molar-refractivity contribution in [3.8, 4) is 0 Å². The lowest BCUT2D eigenvalue weighted by molar-refractivity contribution is 0.970. The molecule has 2 rings (SSSR count). The van der Waals surface area contributed by atoms with Gasteiger partial charge in [-0.1, -0.05) is 12.1 Å². The Bertz CT molecular complexity index is 468. The van der Waals surface area contributed by atoms with Crippen LogP contribution in [0.5, 0.6) is 0 Å². The Morgan fingerprint density at radius 2 is 2.13 bits per heavy atom. The van der Waals surface area contributed by atoms with Crippen molar-refractivity contribution in [3.05, 3.63) is 35.9 Å². The topological polar surface area (TPSA) is 38.9 Å². The number of hydrogen-bond acceptors (Lipinski definition) is 3. The second kappa shape index (κ2) is 4.64. The molecule has 15 heavy (non-hydrogen) atoms. The van der Waals surface area contributed by atoms with Crippen molar-refractivity contribution in [3.63, 3.8) is 0 Å². The van der Waals surface area contributed by atoms with Crippen LogP contribution in [0.15, 0.2) is 35.4 Å². The standard InChI is InChI=1S/C12H14N2S/c1-15-12-5-3-10-8-9(6-7-13)2-4-11(10)14-12/h2-5,8H,6-7,13H2,1H3. The Kier molecular flexibility index (Phi) is 3.23. The maximum atomic E-state index is 5.53. The second-order valence-corrected chi connectivity index (χ2v) is 4.25. The summed E-state index contributed by atoms with van der Waals surface area (Å²) < 4.78 is 0. The van der Waals surface area contributed by atoms with Gasteiger partial charge in [0.1, 0.15) is 0 Å². The highest BCUT2D eigenvalue weighted by atomic mass is 32.2. The number of aromatic nitrogens is 1. The van der Waals surface area contributed by atoms with E-state index >= 15 is 0 Å². The Morgan fingerprint density at radius 1 is 1.27 bits per heavy atom. The minimum atomic E-state index is 0.696. The predicted octanol–water partition coefficient (Wildman–Crippen LogP) is 2.46. The summed E-state index contributed by atoms with van der Waals surface area (Å²) in [5, 5.41) is 2.26. The van der Waals surface area contributed by atoms with Crippen LogP contribution in [0.25, 0.3) is 10.9 Å². The van der Waals surface area contributed by atoms with Crippen molar-refractivity contribution < 1.29 is 0 Å². The molecular weight excluding hydrogens is 204 g/mol. The number of benzene rings is 1. The summed E-state index contributed by atoms with van der Waals surface area (Å²) in [5.74, 6) is 0. The van der Waals surface area contributed by atoms with E-state index in [1.54, 1.807) is 11.8 Å². The van der Waals surface area contributed by atoms with Gasteiger partial charge in [-0.25, -0.2) is 4.98 Å². The van der Waals surface area contributed by atoms with Crippen LogP contribution in [-0.4, -0.2) is 17.8 Å². The summed E-state index contributed by atoms with van der Waals surface area (Å²) in [6, 6.07) is 10.5. The van der Waals surface area contributed by atoms with Crippen LogP contribution in [0.2, 0.25) is 0 Å². The van der Waals surface area contributed by atoms with E-state index in [0.29, 0.717) is 6.54 Å². The molecule has 0 saturated heterocycles. The lowest BCUT2D eigenvalue weighted by Gasteiger charge is -2.03. The van der Waals surface area contributed by atoms with Crippen molar-refractivity contribution in [2.24, 2.45) is 5.73 Å². The number of thioether (sulfide) groups is 1. The van der Waals surface area contributed by atoms with Gasteiger partial charge >= 0.3 is 0 Å². The fourth-order valence-corrected chi connectivity index (χ4v) is 1.99. The summed E-state index contributed by atoms with van der Waals surface area (Å²) in [6.45, 7) is 0.696. The molecule has 2 nitrogen and oxygen atoms in total. The highest BCUT2D eigenvalue weighted by molar-refractivity contribution is 7.98. The van der Waals surface area contributed by atoms with E-state index < -0.39 is 0 Å². The third-order valence-corrected chi connectivity index (χ3v) is 3.02. The van der Waals surface area contributed by atoms with Crippen molar-refractivity contribution in [2.75, 3.05) is 12.8 Å². The van der Waals surface area contributed by atoms with Gasteiger partial charge in [-0.3, -0.25) is 0 Å². The zero-order valence-corrected chi connectivity index (χ0v) is 9.55. The summed E-state index contributed by atoms with van der Waals surface area (Å²) in [6.07, 6.45) is 2.97. The predicted molar refractivity (Wildman–Crippen MR) is 66.3 cm³/mol. The molecule has 0 amide bonds. The summed E-state index contributed by atoms with van der Waals surface area (Å²) in [5.41, 5.74) is 7.87. The minimum absolute atomic E-state index is 0.696. The molecule has 0 saturated carbocycles. The van der Waals surface area contributed by atoms with Gasteiger partial charge in [0.25, 0.3) is 0 Å². The maximum absolute atomic E-state index is 5.53. The van der Waals surface area contributed by atoms with E-state index in [9.17, 15) is 0 Å². The molecule has 0 unspecified atom stereocenters. The first-order valence-corrected chi connectivity index (χ1v) is 6.19. The molecule has 0 fully saturated rings. The molecule has 0 radical (unpaired) electrons. The molecule has 3 heteroatoms. The van der Waals surface area contributed by atoms with E-state index in [2.05, 4.69) is 35.3 Å². The quantitative estimate of drug-likeness (QED) is 0.804. The molecule has 0 atom stereocenters. The second-order valence-electron chi connectivity index (χ2n) is 3.42. The molecule has 2 N–H and O–H groups in total.